The van der Waals surface area contributed by atoms with Gasteiger partial charge in [-0.05, 0) is 0 Å². The molecule has 2 atom stereocenters. The lowest BCUT2D eigenvalue weighted by atomic mass is 10.2. The molecule has 0 bridgehead atoms. The van der Waals surface area contributed by atoms with Crippen LogP contribution in [-0.4, -0.2) is 48.6 Å². The lowest BCUT2D eigenvalue weighted by Gasteiger charge is -2.17. The van der Waals surface area contributed by atoms with E-state index in [4.69, 9.17) is 5.11 Å². The molecule has 0 spiro atoms. The molecule has 1 heterocycles. The molecule has 0 aliphatic carbocycles. The van der Waals surface area contributed by atoms with Crippen LogP contribution < -0.4 is 5.32 Å². The minimum Gasteiger partial charge on any atom is -0.480 e. The molecule has 2 N–H and O–H groups in total. The van der Waals surface area contributed by atoms with E-state index in [0.717, 1.165) is 0 Å². The van der Waals surface area contributed by atoms with Gasteiger partial charge in [0.2, 0.25) is 5.91 Å². The summed E-state index contributed by atoms with van der Waals surface area (Å²) in [5, 5.41) is 7.41. The fraction of sp³-hybridized carbons (Fsp3) is 0.714. The van der Waals surface area contributed by atoms with Crippen molar-refractivity contribution in [3.05, 3.63) is 0 Å². The molecule has 1 aliphatic heterocycles. The minimum atomic E-state index is -5.09. The summed E-state index contributed by atoms with van der Waals surface area (Å²) >= 11 is 0. The third kappa shape index (κ3) is 3.08. The summed E-state index contributed by atoms with van der Waals surface area (Å²) in [6.07, 6.45) is -6.40. The Kier molecular flexibility index (Phi) is 3.37. The van der Waals surface area contributed by atoms with Crippen molar-refractivity contribution >= 4 is 21.7 Å². The maximum absolute atomic E-state index is 12.4. The zero-order valence-electron chi connectivity index (χ0n) is 8.19. The maximum Gasteiger partial charge on any atom is 0.405 e. The molecule has 17 heavy (non-hydrogen) atoms. The van der Waals surface area contributed by atoms with Gasteiger partial charge in [0.25, 0.3) is 0 Å². The van der Waals surface area contributed by atoms with E-state index in [-0.39, 0.29) is 0 Å². The van der Waals surface area contributed by atoms with Gasteiger partial charge in [-0.2, -0.15) is 13.2 Å². The topological polar surface area (TPSA) is 101 Å². The van der Waals surface area contributed by atoms with Crippen LogP contribution >= 0.6 is 0 Å². The molecule has 6 nitrogen and oxygen atoms in total. The van der Waals surface area contributed by atoms with E-state index in [9.17, 15) is 31.2 Å². The van der Waals surface area contributed by atoms with Gasteiger partial charge in [-0.15, -0.1) is 0 Å². The standard InChI is InChI=1S/C7H8F3NO5S/c8-7(9,10)4-1-5(12)11-3(6(13)14)2-17(4,15)16/h3-4H,1-2H2,(H,11,12)(H,13,14)/t3-,4-/m1/s1. The number of carboxylic acids is 1. The normalized spacial score (nSPS) is 29.2. The van der Waals surface area contributed by atoms with E-state index < -0.39 is 51.4 Å². The van der Waals surface area contributed by atoms with Crippen LogP contribution in [0.25, 0.3) is 0 Å². The molecule has 0 aromatic carbocycles. The van der Waals surface area contributed by atoms with E-state index >= 15 is 0 Å². The molecule has 1 amide bonds. The van der Waals surface area contributed by atoms with Crippen LogP contribution in [0.2, 0.25) is 0 Å². The number of rotatable bonds is 1. The van der Waals surface area contributed by atoms with Crippen LogP contribution in [0.1, 0.15) is 6.42 Å². The van der Waals surface area contributed by atoms with Gasteiger partial charge >= 0.3 is 12.1 Å². The summed E-state index contributed by atoms with van der Waals surface area (Å²) in [6, 6.07) is -1.85. The fourth-order valence-corrected chi connectivity index (χ4v) is 3.13. The molecule has 98 valence electrons. The van der Waals surface area contributed by atoms with Gasteiger partial charge in [-0.1, -0.05) is 0 Å². The molecule has 1 rings (SSSR count). The van der Waals surface area contributed by atoms with Crippen molar-refractivity contribution in [2.24, 2.45) is 0 Å². The number of hydrogen-bond donors (Lipinski definition) is 2. The second kappa shape index (κ2) is 4.17. The SMILES string of the molecule is O=C1C[C@H](C(F)(F)F)S(=O)(=O)C[C@H](C(=O)O)N1. The van der Waals surface area contributed by atoms with Crippen molar-refractivity contribution in [1.82, 2.24) is 5.32 Å². The Morgan fingerprint density at radius 1 is 1.41 bits per heavy atom. The summed E-state index contributed by atoms with van der Waals surface area (Å²) in [7, 11) is -4.73. The van der Waals surface area contributed by atoms with E-state index in [2.05, 4.69) is 0 Å². The third-order valence-electron chi connectivity index (χ3n) is 2.20. The first-order chi connectivity index (χ1) is 7.54. The van der Waals surface area contributed by atoms with Gasteiger partial charge in [-0.25, -0.2) is 13.2 Å². The average molecular weight is 275 g/mol. The van der Waals surface area contributed by atoms with E-state index in [1.807, 2.05) is 0 Å². The van der Waals surface area contributed by atoms with Crippen molar-refractivity contribution < 1.29 is 36.3 Å². The number of alkyl halides is 3. The molecule has 0 unspecified atom stereocenters. The van der Waals surface area contributed by atoms with Crippen LogP contribution in [0.3, 0.4) is 0 Å². The molecular formula is C7H8F3NO5S. The molecule has 0 radical (unpaired) electrons. The molecule has 1 saturated heterocycles. The van der Waals surface area contributed by atoms with E-state index in [1.54, 1.807) is 5.32 Å². The highest BCUT2D eigenvalue weighted by molar-refractivity contribution is 7.92. The molecular weight excluding hydrogens is 267 g/mol. The van der Waals surface area contributed by atoms with Gasteiger partial charge in [0.1, 0.15) is 6.04 Å². The number of carbonyl (C=O) groups is 2. The first-order valence-electron chi connectivity index (χ1n) is 4.34. The summed E-state index contributed by atoms with van der Waals surface area (Å²) in [5.41, 5.74) is 0. The number of hydrogen-bond acceptors (Lipinski definition) is 4. The minimum absolute atomic E-state index is 1.25. The zero-order chi connectivity index (χ0) is 13.4. The Labute approximate surface area is 93.7 Å². The molecule has 0 aromatic heterocycles. The van der Waals surface area contributed by atoms with E-state index in [1.165, 1.54) is 0 Å². The van der Waals surface area contributed by atoms with Crippen LogP contribution in [0.4, 0.5) is 13.2 Å². The van der Waals surface area contributed by atoms with Crippen molar-refractivity contribution in [2.75, 3.05) is 5.75 Å². The molecule has 0 saturated carbocycles. The highest BCUT2D eigenvalue weighted by Crippen LogP contribution is 2.30. The number of nitrogens with one attached hydrogen (secondary N) is 1. The monoisotopic (exact) mass is 275 g/mol. The third-order valence-corrected chi connectivity index (χ3v) is 4.30. The van der Waals surface area contributed by atoms with Crippen LogP contribution in [-0.2, 0) is 19.4 Å². The molecule has 10 heteroatoms. The average Bonchev–Trinajstić information content (AvgIpc) is 2.21. The Bertz CT molecular complexity index is 443. The van der Waals surface area contributed by atoms with Gasteiger partial charge in [-0.3, -0.25) is 4.79 Å². The largest absolute Gasteiger partial charge is 0.480 e. The summed E-state index contributed by atoms with van der Waals surface area (Å²) in [4.78, 5) is 21.5. The zero-order valence-corrected chi connectivity index (χ0v) is 9.01. The van der Waals surface area contributed by atoms with Crippen LogP contribution in [0.5, 0.6) is 0 Å². The lowest BCUT2D eigenvalue weighted by Crippen LogP contribution is -2.43. The summed E-state index contributed by atoms with van der Waals surface area (Å²) < 4.78 is 59.9. The van der Waals surface area contributed by atoms with Crippen molar-refractivity contribution in [3.8, 4) is 0 Å². The quantitative estimate of drug-likeness (QED) is 0.659. The van der Waals surface area contributed by atoms with Crippen molar-refractivity contribution in [2.45, 2.75) is 23.9 Å². The Morgan fingerprint density at radius 3 is 2.35 bits per heavy atom. The highest BCUT2D eigenvalue weighted by Gasteiger charge is 2.52. The number of halogens is 3. The number of carboxylic acid groups (broad SMARTS) is 1. The second-order valence-corrected chi connectivity index (χ2v) is 5.75. The molecule has 1 fully saturated rings. The smallest absolute Gasteiger partial charge is 0.405 e. The Hall–Kier alpha value is -1.32. The number of aliphatic carboxylic acids is 1. The lowest BCUT2D eigenvalue weighted by molar-refractivity contribution is -0.143. The van der Waals surface area contributed by atoms with Gasteiger partial charge in [0.15, 0.2) is 15.1 Å². The van der Waals surface area contributed by atoms with Crippen LogP contribution in [0.15, 0.2) is 0 Å². The van der Waals surface area contributed by atoms with E-state index in [0.29, 0.717) is 0 Å². The summed E-state index contributed by atoms with van der Waals surface area (Å²) in [5.74, 6) is -4.20. The predicted molar refractivity (Wildman–Crippen MR) is 47.8 cm³/mol. The van der Waals surface area contributed by atoms with Crippen molar-refractivity contribution in [1.29, 1.82) is 0 Å². The number of carbonyl (C=O) groups excluding carboxylic acids is 1. The van der Waals surface area contributed by atoms with Crippen LogP contribution in [0, 0.1) is 0 Å². The summed E-state index contributed by atoms with van der Waals surface area (Å²) in [6.45, 7) is 0. The Balaban J connectivity index is 3.14. The number of amides is 1. The second-order valence-electron chi connectivity index (χ2n) is 3.52. The Morgan fingerprint density at radius 2 is 1.94 bits per heavy atom. The molecule has 0 aromatic rings. The highest BCUT2D eigenvalue weighted by atomic mass is 32.2. The first kappa shape index (κ1) is 13.7. The fourth-order valence-electron chi connectivity index (χ4n) is 1.39. The van der Waals surface area contributed by atoms with Crippen molar-refractivity contribution in [3.63, 3.8) is 0 Å². The number of sulfone groups is 1. The predicted octanol–water partition coefficient (Wildman–Crippen LogP) is -0.695. The van der Waals surface area contributed by atoms with Gasteiger partial charge < -0.3 is 10.4 Å². The first-order valence-corrected chi connectivity index (χ1v) is 6.06. The van der Waals surface area contributed by atoms with Gasteiger partial charge in [0.05, 0.1) is 12.2 Å². The molecule has 1 aliphatic rings. The van der Waals surface area contributed by atoms with Gasteiger partial charge in [0, 0.05) is 0 Å². The maximum atomic E-state index is 12.4.